The van der Waals surface area contributed by atoms with Gasteiger partial charge in [0.1, 0.15) is 0 Å². The third-order valence-electron chi connectivity index (χ3n) is 5.05. The topological polar surface area (TPSA) is 38.5 Å². The molecule has 2 aliphatic rings. The van der Waals surface area contributed by atoms with Gasteiger partial charge in [-0.2, -0.15) is 0 Å². The fourth-order valence-corrected chi connectivity index (χ4v) is 3.84. The zero-order valence-electron chi connectivity index (χ0n) is 12.3. The molecule has 1 saturated heterocycles. The summed E-state index contributed by atoms with van der Waals surface area (Å²) in [4.78, 5) is 2.53. The van der Waals surface area contributed by atoms with Gasteiger partial charge >= 0.3 is 0 Å². The maximum Gasteiger partial charge on any atom is 0.0747 e. The van der Waals surface area contributed by atoms with Gasteiger partial charge in [-0.3, -0.25) is 4.90 Å². The second kappa shape index (κ2) is 6.36. The van der Waals surface area contributed by atoms with Crippen LogP contribution in [0.4, 0.5) is 0 Å². The normalized spacial score (nSPS) is 39.2. The minimum atomic E-state index is 0.351. The molecule has 0 aromatic rings. The van der Waals surface area contributed by atoms with Gasteiger partial charge in [-0.25, -0.2) is 0 Å². The fourth-order valence-electron chi connectivity index (χ4n) is 3.84. The predicted molar refractivity (Wildman–Crippen MR) is 75.6 cm³/mol. The number of likely N-dealkylation sites (N-methyl/N-ethyl adjacent to an activating group) is 1. The second-order valence-electron chi connectivity index (χ2n) is 6.36. The van der Waals surface area contributed by atoms with Crippen molar-refractivity contribution in [3.8, 4) is 0 Å². The molecule has 0 aromatic carbocycles. The van der Waals surface area contributed by atoms with Crippen molar-refractivity contribution in [2.24, 2.45) is 11.7 Å². The smallest absolute Gasteiger partial charge is 0.0747 e. The molecule has 5 atom stereocenters. The lowest BCUT2D eigenvalue weighted by atomic mass is 9.84. The standard InChI is InChI=1S/C15H30N2O/c1-11-6-4-5-7-13(11)17(3)14(10-16)15-9-8-12(2)18-15/h11-15H,4-10,16H2,1-3H3. The molecule has 2 fully saturated rings. The molecule has 18 heavy (non-hydrogen) atoms. The summed E-state index contributed by atoms with van der Waals surface area (Å²) >= 11 is 0. The Bertz CT molecular complexity index is 259. The van der Waals surface area contributed by atoms with Crippen LogP contribution in [0.5, 0.6) is 0 Å². The van der Waals surface area contributed by atoms with E-state index in [1.165, 1.54) is 38.5 Å². The summed E-state index contributed by atoms with van der Waals surface area (Å²) in [5, 5.41) is 0. The first-order valence-corrected chi connectivity index (χ1v) is 7.71. The van der Waals surface area contributed by atoms with Gasteiger partial charge in [0, 0.05) is 18.6 Å². The van der Waals surface area contributed by atoms with Gasteiger partial charge in [0.25, 0.3) is 0 Å². The Morgan fingerprint density at radius 1 is 1.17 bits per heavy atom. The zero-order chi connectivity index (χ0) is 13.1. The van der Waals surface area contributed by atoms with Crippen molar-refractivity contribution in [3.05, 3.63) is 0 Å². The van der Waals surface area contributed by atoms with E-state index in [9.17, 15) is 0 Å². The van der Waals surface area contributed by atoms with Crippen molar-refractivity contribution in [3.63, 3.8) is 0 Å². The average molecular weight is 254 g/mol. The van der Waals surface area contributed by atoms with Crippen LogP contribution in [-0.4, -0.2) is 42.8 Å². The molecule has 0 aromatic heterocycles. The van der Waals surface area contributed by atoms with Crippen molar-refractivity contribution in [1.82, 2.24) is 4.90 Å². The van der Waals surface area contributed by atoms with E-state index in [1.807, 2.05) is 0 Å². The number of ether oxygens (including phenoxy) is 1. The summed E-state index contributed by atoms with van der Waals surface area (Å²) in [6, 6.07) is 1.10. The predicted octanol–water partition coefficient (Wildman–Crippen LogP) is 2.39. The van der Waals surface area contributed by atoms with Crippen molar-refractivity contribution in [1.29, 1.82) is 0 Å². The Morgan fingerprint density at radius 2 is 1.89 bits per heavy atom. The lowest BCUT2D eigenvalue weighted by Gasteiger charge is -2.42. The molecule has 2 rings (SSSR count). The van der Waals surface area contributed by atoms with Crippen LogP contribution in [0.15, 0.2) is 0 Å². The Balaban J connectivity index is 1.97. The van der Waals surface area contributed by atoms with Crippen LogP contribution >= 0.6 is 0 Å². The fraction of sp³-hybridized carbons (Fsp3) is 1.00. The highest BCUT2D eigenvalue weighted by molar-refractivity contribution is 4.90. The van der Waals surface area contributed by atoms with Gasteiger partial charge in [0.2, 0.25) is 0 Å². The van der Waals surface area contributed by atoms with Crippen molar-refractivity contribution >= 4 is 0 Å². The largest absolute Gasteiger partial charge is 0.374 e. The Hall–Kier alpha value is -0.120. The van der Waals surface area contributed by atoms with Gasteiger partial charge in [-0.15, -0.1) is 0 Å². The Morgan fingerprint density at radius 3 is 2.44 bits per heavy atom. The highest BCUT2D eigenvalue weighted by Crippen LogP contribution is 2.31. The first-order chi connectivity index (χ1) is 8.63. The third kappa shape index (κ3) is 3.06. The summed E-state index contributed by atoms with van der Waals surface area (Å²) < 4.78 is 6.04. The van der Waals surface area contributed by atoms with Crippen LogP contribution in [0.25, 0.3) is 0 Å². The molecule has 5 unspecified atom stereocenters. The minimum Gasteiger partial charge on any atom is -0.374 e. The molecular formula is C15H30N2O. The maximum atomic E-state index is 6.04. The highest BCUT2D eigenvalue weighted by atomic mass is 16.5. The molecule has 3 heteroatoms. The summed E-state index contributed by atoms with van der Waals surface area (Å²) in [6.07, 6.45) is 8.60. The van der Waals surface area contributed by atoms with Crippen LogP contribution in [0.3, 0.4) is 0 Å². The van der Waals surface area contributed by atoms with Crippen LogP contribution in [0, 0.1) is 5.92 Å². The molecule has 0 amide bonds. The van der Waals surface area contributed by atoms with Gasteiger partial charge in [-0.05, 0) is 45.6 Å². The van der Waals surface area contributed by atoms with Gasteiger partial charge in [0.15, 0.2) is 0 Å². The van der Waals surface area contributed by atoms with Crippen LogP contribution in [0.1, 0.15) is 52.4 Å². The molecule has 0 bridgehead atoms. The summed E-state index contributed by atoms with van der Waals surface area (Å²) in [7, 11) is 2.26. The van der Waals surface area contributed by atoms with Crippen molar-refractivity contribution in [2.45, 2.75) is 76.7 Å². The molecule has 1 saturated carbocycles. The number of hydrogen-bond donors (Lipinski definition) is 1. The summed E-state index contributed by atoms with van der Waals surface area (Å²) in [5.74, 6) is 0.802. The molecular weight excluding hydrogens is 224 g/mol. The van der Waals surface area contributed by atoms with Crippen LogP contribution < -0.4 is 5.73 Å². The van der Waals surface area contributed by atoms with Crippen LogP contribution in [0.2, 0.25) is 0 Å². The lowest BCUT2D eigenvalue weighted by molar-refractivity contribution is -0.0210. The van der Waals surface area contributed by atoms with E-state index < -0.39 is 0 Å². The monoisotopic (exact) mass is 254 g/mol. The maximum absolute atomic E-state index is 6.04. The number of hydrogen-bond acceptors (Lipinski definition) is 3. The lowest BCUT2D eigenvalue weighted by Crippen LogP contribution is -2.53. The van der Waals surface area contributed by atoms with Gasteiger partial charge in [0.05, 0.1) is 12.2 Å². The average Bonchev–Trinajstić information content (AvgIpc) is 2.77. The van der Waals surface area contributed by atoms with E-state index in [0.29, 0.717) is 24.3 Å². The molecule has 3 nitrogen and oxygen atoms in total. The Kier molecular flexibility index (Phi) is 5.05. The zero-order valence-corrected chi connectivity index (χ0v) is 12.3. The SMILES string of the molecule is CC1CCC(C(CN)N(C)C2CCCCC2C)O1. The van der Waals surface area contributed by atoms with Crippen molar-refractivity contribution in [2.75, 3.05) is 13.6 Å². The number of nitrogens with zero attached hydrogens (tertiary/aromatic N) is 1. The molecule has 1 heterocycles. The van der Waals surface area contributed by atoms with Crippen molar-refractivity contribution < 1.29 is 4.74 Å². The molecule has 0 radical (unpaired) electrons. The molecule has 2 N–H and O–H groups in total. The Labute approximate surface area is 112 Å². The first-order valence-electron chi connectivity index (χ1n) is 7.71. The third-order valence-corrected chi connectivity index (χ3v) is 5.05. The second-order valence-corrected chi connectivity index (χ2v) is 6.36. The molecule has 1 aliphatic heterocycles. The molecule has 106 valence electrons. The highest BCUT2D eigenvalue weighted by Gasteiger charge is 2.36. The summed E-state index contributed by atoms with van der Waals surface area (Å²) in [6.45, 7) is 5.29. The van der Waals surface area contributed by atoms with Crippen LogP contribution in [-0.2, 0) is 4.74 Å². The van der Waals surface area contributed by atoms with E-state index in [-0.39, 0.29) is 0 Å². The number of nitrogens with two attached hydrogens (primary N) is 1. The van der Waals surface area contributed by atoms with E-state index in [4.69, 9.17) is 10.5 Å². The van der Waals surface area contributed by atoms with E-state index >= 15 is 0 Å². The minimum absolute atomic E-state index is 0.351. The van der Waals surface area contributed by atoms with Gasteiger partial charge < -0.3 is 10.5 Å². The quantitative estimate of drug-likeness (QED) is 0.837. The summed E-state index contributed by atoms with van der Waals surface area (Å²) in [5.41, 5.74) is 6.03. The first kappa shape index (κ1) is 14.3. The van der Waals surface area contributed by atoms with Gasteiger partial charge in [-0.1, -0.05) is 19.8 Å². The molecule has 0 spiro atoms. The van der Waals surface area contributed by atoms with E-state index in [2.05, 4.69) is 25.8 Å². The molecule has 1 aliphatic carbocycles. The van der Waals surface area contributed by atoms with E-state index in [0.717, 1.165) is 12.5 Å². The number of rotatable bonds is 4. The van der Waals surface area contributed by atoms with E-state index in [1.54, 1.807) is 0 Å².